The second kappa shape index (κ2) is 12.5. The minimum atomic E-state index is -0.374. The molecule has 3 N–H and O–H groups in total. The second-order valence-corrected chi connectivity index (χ2v) is 11.3. The van der Waals surface area contributed by atoms with E-state index in [1.54, 1.807) is 36.4 Å². The van der Waals surface area contributed by atoms with Crippen molar-refractivity contribution < 1.29 is 9.59 Å². The van der Waals surface area contributed by atoms with E-state index in [2.05, 4.69) is 39.5 Å². The number of nitrogens with zero attached hydrogens (tertiary/aromatic N) is 4. The molecule has 1 saturated heterocycles. The van der Waals surface area contributed by atoms with E-state index in [-0.39, 0.29) is 23.3 Å². The van der Waals surface area contributed by atoms with Gasteiger partial charge < -0.3 is 11.1 Å². The van der Waals surface area contributed by atoms with Crippen LogP contribution in [0.1, 0.15) is 62.0 Å². The largest absolute Gasteiger partial charge is 0.326 e. The van der Waals surface area contributed by atoms with Gasteiger partial charge in [-0.25, -0.2) is 9.67 Å². The number of fused-ring (bicyclic) bond motifs is 1. The molecule has 3 aromatic carbocycles. The van der Waals surface area contributed by atoms with Gasteiger partial charge in [-0.2, -0.15) is 5.10 Å². The number of hydrogen-bond donors (Lipinski definition) is 2. The molecule has 0 unspecified atom stereocenters. The van der Waals surface area contributed by atoms with Gasteiger partial charge in [0, 0.05) is 49.2 Å². The van der Waals surface area contributed by atoms with Gasteiger partial charge in [-0.1, -0.05) is 66.2 Å². The van der Waals surface area contributed by atoms with E-state index >= 15 is 0 Å². The quantitative estimate of drug-likeness (QED) is 0.209. The lowest BCUT2D eigenvalue weighted by atomic mass is 10.0. The van der Waals surface area contributed by atoms with E-state index in [1.807, 2.05) is 29.8 Å². The highest BCUT2D eigenvalue weighted by Gasteiger charge is 2.26. The molecule has 0 bridgehead atoms. The molecule has 1 fully saturated rings. The first kappa shape index (κ1) is 28.7. The molecule has 43 heavy (non-hydrogen) atoms. The average Bonchev–Trinajstić information content (AvgIpc) is 3.39. The Kier molecular flexibility index (Phi) is 8.33. The number of nitrogens with two attached hydrogens (primary N) is 1. The molecule has 8 nitrogen and oxygen atoms in total. The fourth-order valence-electron chi connectivity index (χ4n) is 5.67. The van der Waals surface area contributed by atoms with Crippen LogP contribution in [0.4, 0.5) is 5.69 Å². The predicted octanol–water partition coefficient (Wildman–Crippen LogP) is 6.17. The third-order valence-electron chi connectivity index (χ3n) is 8.09. The molecule has 1 aliphatic heterocycles. The number of likely N-dealkylation sites (tertiary alicyclic amines) is 1. The summed E-state index contributed by atoms with van der Waals surface area (Å²) >= 11 is 6.81. The van der Waals surface area contributed by atoms with Crippen molar-refractivity contribution in [1.29, 1.82) is 0 Å². The van der Waals surface area contributed by atoms with Crippen LogP contribution >= 0.6 is 11.6 Å². The van der Waals surface area contributed by atoms with E-state index in [1.165, 1.54) is 11.8 Å². The Morgan fingerprint density at radius 2 is 1.58 bits per heavy atom. The molecule has 0 spiro atoms. The van der Waals surface area contributed by atoms with Crippen LogP contribution in [0.15, 0.2) is 85.1 Å². The number of benzene rings is 3. The Hall–Kier alpha value is -4.37. The van der Waals surface area contributed by atoms with Crippen LogP contribution in [0.5, 0.6) is 0 Å². The maximum atomic E-state index is 13.2. The standard InChI is InChI=1S/C34H33ClN6O2/c1-22-30-31(35)29(34(43)38-27-13-11-26(12-14-27)32(42)25-5-3-2-4-6-25)20-37-33(30)41(39-22)28-15-17-40(18-16-28)21-24-9-7-23(19-36)8-10-24/h2-14,20,28H,15-19,21,36H2,1H3,(H,38,43). The van der Waals surface area contributed by atoms with Crippen molar-refractivity contribution in [2.75, 3.05) is 18.4 Å². The van der Waals surface area contributed by atoms with Gasteiger partial charge in [0.15, 0.2) is 11.4 Å². The molecular weight excluding hydrogens is 560 g/mol. The molecule has 5 aromatic rings. The number of aryl methyl sites for hydroxylation is 1. The maximum absolute atomic E-state index is 13.2. The first-order valence-electron chi connectivity index (χ1n) is 14.5. The number of carbonyl (C=O) groups excluding carboxylic acids is 2. The van der Waals surface area contributed by atoms with Crippen LogP contribution in [0.2, 0.25) is 5.02 Å². The highest BCUT2D eigenvalue weighted by molar-refractivity contribution is 6.39. The van der Waals surface area contributed by atoms with Crippen molar-refractivity contribution >= 4 is 40.0 Å². The molecule has 0 aliphatic carbocycles. The second-order valence-electron chi connectivity index (χ2n) is 11.0. The van der Waals surface area contributed by atoms with Gasteiger partial charge in [0.25, 0.3) is 5.91 Å². The lowest BCUT2D eigenvalue weighted by Gasteiger charge is -2.32. The number of halogens is 1. The smallest absolute Gasteiger partial charge is 0.258 e. The van der Waals surface area contributed by atoms with Gasteiger partial charge in [0.2, 0.25) is 0 Å². The molecule has 3 heterocycles. The van der Waals surface area contributed by atoms with Crippen molar-refractivity contribution in [1.82, 2.24) is 19.7 Å². The van der Waals surface area contributed by atoms with Gasteiger partial charge in [0.1, 0.15) is 0 Å². The van der Waals surface area contributed by atoms with Gasteiger partial charge in [0.05, 0.1) is 27.7 Å². The Balaban J connectivity index is 1.13. The number of ketones is 1. The number of aromatic nitrogens is 3. The van der Waals surface area contributed by atoms with Crippen molar-refractivity contribution in [2.45, 2.75) is 38.9 Å². The summed E-state index contributed by atoms with van der Waals surface area (Å²) in [6.45, 7) is 5.27. The van der Waals surface area contributed by atoms with Crippen molar-refractivity contribution in [3.8, 4) is 0 Å². The summed E-state index contributed by atoms with van der Waals surface area (Å²) in [5.74, 6) is -0.451. The van der Waals surface area contributed by atoms with Crippen LogP contribution < -0.4 is 11.1 Å². The van der Waals surface area contributed by atoms with Gasteiger partial charge in [-0.3, -0.25) is 14.5 Å². The topological polar surface area (TPSA) is 106 Å². The van der Waals surface area contributed by atoms with Gasteiger partial charge in [-0.05, 0) is 55.2 Å². The number of anilines is 1. The number of nitrogens with one attached hydrogen (secondary N) is 1. The van der Waals surface area contributed by atoms with Crippen LogP contribution in [0.25, 0.3) is 11.0 Å². The normalized spacial score (nSPS) is 14.2. The maximum Gasteiger partial charge on any atom is 0.258 e. The third-order valence-corrected chi connectivity index (χ3v) is 8.48. The molecule has 218 valence electrons. The summed E-state index contributed by atoms with van der Waals surface area (Å²) in [6, 6.07) is 24.6. The zero-order valence-electron chi connectivity index (χ0n) is 24.0. The van der Waals surface area contributed by atoms with Crippen LogP contribution in [0.3, 0.4) is 0 Å². The molecule has 0 saturated carbocycles. The lowest BCUT2D eigenvalue weighted by molar-refractivity contribution is 0.102. The van der Waals surface area contributed by atoms with Crippen molar-refractivity contribution in [3.05, 3.63) is 124 Å². The summed E-state index contributed by atoms with van der Waals surface area (Å²) in [4.78, 5) is 33.0. The number of rotatable bonds is 8. The molecule has 9 heteroatoms. The molecule has 6 rings (SSSR count). The predicted molar refractivity (Wildman–Crippen MR) is 169 cm³/mol. The highest BCUT2D eigenvalue weighted by Crippen LogP contribution is 2.33. The van der Waals surface area contributed by atoms with Gasteiger partial charge in [-0.15, -0.1) is 0 Å². The molecule has 0 atom stereocenters. The van der Waals surface area contributed by atoms with Crippen LogP contribution in [0, 0.1) is 6.92 Å². The van der Waals surface area contributed by atoms with E-state index in [0.29, 0.717) is 39.4 Å². The Bertz CT molecular complexity index is 1760. The number of pyridine rings is 1. The Labute approximate surface area is 255 Å². The van der Waals surface area contributed by atoms with E-state index in [9.17, 15) is 9.59 Å². The highest BCUT2D eigenvalue weighted by atomic mass is 35.5. The minimum Gasteiger partial charge on any atom is -0.326 e. The SMILES string of the molecule is Cc1nn(C2CCN(Cc3ccc(CN)cc3)CC2)c2ncc(C(=O)Nc3ccc(C(=O)c4ccccc4)cc3)c(Cl)c12. The van der Waals surface area contributed by atoms with Crippen LogP contribution in [-0.4, -0.2) is 44.4 Å². The fraction of sp³-hybridized carbons (Fsp3) is 0.235. The zero-order chi connectivity index (χ0) is 29.9. The first-order valence-corrected chi connectivity index (χ1v) is 14.8. The van der Waals surface area contributed by atoms with Gasteiger partial charge >= 0.3 is 0 Å². The zero-order valence-corrected chi connectivity index (χ0v) is 24.7. The fourth-order valence-corrected chi connectivity index (χ4v) is 6.02. The summed E-state index contributed by atoms with van der Waals surface area (Å²) in [5, 5.41) is 8.72. The third kappa shape index (κ3) is 6.08. The van der Waals surface area contributed by atoms with Crippen molar-refractivity contribution in [3.63, 3.8) is 0 Å². The minimum absolute atomic E-state index is 0.0769. The average molecular weight is 593 g/mol. The molecule has 1 aliphatic rings. The number of piperidine rings is 1. The van der Waals surface area contributed by atoms with Crippen molar-refractivity contribution in [2.24, 2.45) is 5.73 Å². The van der Waals surface area contributed by atoms with E-state index in [0.717, 1.165) is 43.7 Å². The van der Waals surface area contributed by atoms with Crippen LogP contribution in [-0.2, 0) is 13.1 Å². The van der Waals surface area contributed by atoms with E-state index < -0.39 is 0 Å². The molecule has 1 amide bonds. The number of carbonyl (C=O) groups is 2. The number of hydrogen-bond acceptors (Lipinski definition) is 6. The molecule has 2 aromatic heterocycles. The number of amides is 1. The summed E-state index contributed by atoms with van der Waals surface area (Å²) in [6.07, 6.45) is 3.41. The van der Waals surface area contributed by atoms with E-state index in [4.69, 9.17) is 22.4 Å². The molecule has 0 radical (unpaired) electrons. The summed E-state index contributed by atoms with van der Waals surface area (Å²) in [5.41, 5.74) is 11.6. The summed E-state index contributed by atoms with van der Waals surface area (Å²) in [7, 11) is 0. The lowest BCUT2D eigenvalue weighted by Crippen LogP contribution is -2.34. The Morgan fingerprint density at radius 3 is 2.26 bits per heavy atom. The monoisotopic (exact) mass is 592 g/mol. The molecular formula is C34H33ClN6O2. The first-order chi connectivity index (χ1) is 20.9. The Morgan fingerprint density at radius 1 is 0.930 bits per heavy atom. The summed E-state index contributed by atoms with van der Waals surface area (Å²) < 4.78 is 1.98.